The molecule has 0 unspecified atom stereocenters. The average Bonchev–Trinajstić information content (AvgIpc) is 3.15. The topological polar surface area (TPSA) is 84.7 Å². The van der Waals surface area contributed by atoms with E-state index in [1.54, 1.807) is 4.68 Å². The minimum atomic E-state index is -1.61. The minimum absolute atomic E-state index is 0.304. The van der Waals surface area contributed by atoms with E-state index in [4.69, 9.17) is 18.9 Å². The van der Waals surface area contributed by atoms with Crippen LogP contribution in [0.3, 0.4) is 0 Å². The molecule has 0 aromatic carbocycles. The van der Waals surface area contributed by atoms with E-state index in [1.165, 1.54) is 6.92 Å². The molecule has 0 spiro atoms. The molecule has 2 aliphatic heterocycles. The second-order valence-corrected chi connectivity index (χ2v) is 13.9. The maximum Gasteiger partial charge on any atom is 0.303 e. The lowest BCUT2D eigenvalue weighted by molar-refractivity contribution is -0.221. The van der Waals surface area contributed by atoms with Crippen molar-refractivity contribution in [2.24, 2.45) is 0 Å². The molecule has 0 aliphatic carbocycles. The van der Waals surface area contributed by atoms with Crippen molar-refractivity contribution in [3.05, 3.63) is 6.20 Å². The summed E-state index contributed by atoms with van der Waals surface area (Å²) in [6.45, 7) is 11.7. The molecule has 3 rings (SSSR count). The summed E-state index contributed by atoms with van der Waals surface area (Å²) in [4.78, 5) is 11.5. The van der Waals surface area contributed by atoms with Crippen LogP contribution in [0.15, 0.2) is 6.20 Å². The number of fused-ring (bicyclic) bond motifs is 1. The second kappa shape index (κ2) is 6.97. The lowest BCUT2D eigenvalue weighted by Gasteiger charge is -2.29. The lowest BCUT2D eigenvalue weighted by atomic mass is 10.0. The highest BCUT2D eigenvalue weighted by atomic mass is 79.9. The first-order valence-electron chi connectivity index (χ1n) is 8.68. The van der Waals surface area contributed by atoms with E-state index in [0.717, 1.165) is 5.32 Å². The maximum absolute atomic E-state index is 11.5. The van der Waals surface area contributed by atoms with Gasteiger partial charge in [-0.15, -0.1) is 5.10 Å². The molecular formula is C16H26BrN3O5Si. The quantitative estimate of drug-likeness (QED) is 0.384. The highest BCUT2D eigenvalue weighted by Crippen LogP contribution is 2.44. The Balaban J connectivity index is 1.94. The van der Waals surface area contributed by atoms with E-state index in [9.17, 15) is 4.79 Å². The zero-order chi connectivity index (χ0) is 19.3. The third kappa shape index (κ3) is 3.89. The van der Waals surface area contributed by atoms with Crippen LogP contribution >= 0.6 is 15.9 Å². The summed E-state index contributed by atoms with van der Waals surface area (Å²) in [5, 5.41) is 10.2. The smallest absolute Gasteiger partial charge is 0.303 e. The number of aromatic nitrogens is 3. The summed E-state index contributed by atoms with van der Waals surface area (Å²) in [5.41, 5.74) is 0. The molecule has 0 amide bonds. The molecule has 2 fully saturated rings. The Hall–Kier alpha value is -0.813. The molecule has 26 heavy (non-hydrogen) atoms. The summed E-state index contributed by atoms with van der Waals surface area (Å²) in [7, 11) is -1.61. The van der Waals surface area contributed by atoms with Crippen molar-refractivity contribution in [1.29, 1.82) is 0 Å². The summed E-state index contributed by atoms with van der Waals surface area (Å²) in [5.74, 6) is -1.11. The molecule has 3 heterocycles. The van der Waals surface area contributed by atoms with Crippen LogP contribution in [-0.4, -0.2) is 64.8 Å². The number of alkyl halides is 1. The molecule has 1 aromatic rings. The Bertz CT molecular complexity index is 677. The monoisotopic (exact) mass is 447 g/mol. The summed E-state index contributed by atoms with van der Waals surface area (Å²) >= 11 is 3.42. The Morgan fingerprint density at radius 3 is 2.65 bits per heavy atom. The fourth-order valence-corrected chi connectivity index (χ4v) is 4.66. The molecule has 5 atom stereocenters. The molecule has 2 saturated heterocycles. The number of ether oxygens (including phenoxy) is 4. The first kappa shape index (κ1) is 19.9. The molecule has 0 radical (unpaired) electrons. The Morgan fingerprint density at radius 1 is 1.42 bits per heavy atom. The lowest BCUT2D eigenvalue weighted by Crippen LogP contribution is -2.42. The SMILES string of the molecule is CC(=O)O[C@H](CBr)[C@H]1O[C@@H]2OC(C)(C)O[C@@H]2[C@H]1n1cc([Si](C)(C)C)nn1. The number of halogens is 1. The first-order chi connectivity index (χ1) is 12.0. The second-order valence-electron chi connectivity index (χ2n) is 8.20. The van der Waals surface area contributed by atoms with Crippen LogP contribution in [0.1, 0.15) is 26.8 Å². The van der Waals surface area contributed by atoms with Crippen LogP contribution in [0.2, 0.25) is 19.6 Å². The van der Waals surface area contributed by atoms with Gasteiger partial charge in [0, 0.05) is 18.5 Å². The van der Waals surface area contributed by atoms with Crippen molar-refractivity contribution in [2.75, 3.05) is 5.33 Å². The fraction of sp³-hybridized carbons (Fsp3) is 0.812. The van der Waals surface area contributed by atoms with Crippen LogP contribution in [0.25, 0.3) is 0 Å². The van der Waals surface area contributed by atoms with E-state index < -0.39 is 32.4 Å². The van der Waals surface area contributed by atoms with E-state index >= 15 is 0 Å². The zero-order valence-electron chi connectivity index (χ0n) is 15.9. The molecule has 1 aromatic heterocycles. The van der Waals surface area contributed by atoms with Crippen LogP contribution in [0.4, 0.5) is 0 Å². The van der Waals surface area contributed by atoms with Gasteiger partial charge in [-0.05, 0) is 13.8 Å². The Labute approximate surface area is 162 Å². The zero-order valence-corrected chi connectivity index (χ0v) is 18.5. The third-order valence-electron chi connectivity index (χ3n) is 4.47. The molecule has 2 aliphatic rings. The van der Waals surface area contributed by atoms with Gasteiger partial charge in [0.2, 0.25) is 0 Å². The van der Waals surface area contributed by atoms with Gasteiger partial charge in [0.05, 0.1) is 5.32 Å². The number of hydrogen-bond acceptors (Lipinski definition) is 7. The molecule has 10 heteroatoms. The minimum Gasteiger partial charge on any atom is -0.459 e. The van der Waals surface area contributed by atoms with Gasteiger partial charge in [0.1, 0.15) is 32.4 Å². The van der Waals surface area contributed by atoms with Crippen molar-refractivity contribution < 1.29 is 23.7 Å². The molecular weight excluding hydrogens is 422 g/mol. The molecule has 8 nitrogen and oxygen atoms in total. The standard InChI is InChI=1S/C16H26BrN3O5Si/c1-9(21)22-10(7-17)13-12(14-15(23-13)25-16(2,3)24-14)20-8-11(18-19-20)26(4,5)6/h8,10,12-15H,7H2,1-6H3/t10-,12+,13-,14-,15-/m1/s1. The number of hydrogen-bond donors (Lipinski definition) is 0. The van der Waals surface area contributed by atoms with Gasteiger partial charge in [-0.1, -0.05) is 40.8 Å². The van der Waals surface area contributed by atoms with E-state index in [2.05, 4.69) is 45.9 Å². The van der Waals surface area contributed by atoms with Gasteiger partial charge in [-0.3, -0.25) is 4.79 Å². The molecule has 146 valence electrons. The number of rotatable bonds is 5. The van der Waals surface area contributed by atoms with Crippen molar-refractivity contribution in [3.8, 4) is 0 Å². The fourth-order valence-electron chi connectivity index (χ4n) is 3.29. The first-order valence-corrected chi connectivity index (χ1v) is 13.3. The van der Waals surface area contributed by atoms with Crippen LogP contribution in [0, 0.1) is 0 Å². The molecule has 0 bridgehead atoms. The van der Waals surface area contributed by atoms with Crippen molar-refractivity contribution >= 4 is 35.3 Å². The number of esters is 1. The summed E-state index contributed by atoms with van der Waals surface area (Å²) < 4.78 is 25.3. The average molecular weight is 448 g/mol. The van der Waals surface area contributed by atoms with Gasteiger partial charge in [-0.2, -0.15) is 0 Å². The van der Waals surface area contributed by atoms with Crippen LogP contribution in [0.5, 0.6) is 0 Å². The van der Waals surface area contributed by atoms with E-state index in [0.29, 0.717) is 5.33 Å². The third-order valence-corrected chi connectivity index (χ3v) is 6.88. The highest BCUT2D eigenvalue weighted by Gasteiger charge is 2.58. The van der Waals surface area contributed by atoms with Gasteiger partial charge in [-0.25, -0.2) is 4.68 Å². The van der Waals surface area contributed by atoms with Gasteiger partial charge >= 0.3 is 5.97 Å². The molecule has 0 N–H and O–H groups in total. The van der Waals surface area contributed by atoms with Crippen LogP contribution < -0.4 is 5.32 Å². The number of nitrogens with zero attached hydrogens (tertiary/aromatic N) is 3. The van der Waals surface area contributed by atoms with Gasteiger partial charge in [0.15, 0.2) is 12.1 Å². The van der Waals surface area contributed by atoms with Gasteiger partial charge < -0.3 is 18.9 Å². The summed E-state index contributed by atoms with van der Waals surface area (Å²) in [6, 6.07) is -0.304. The highest BCUT2D eigenvalue weighted by molar-refractivity contribution is 9.09. The van der Waals surface area contributed by atoms with E-state index in [-0.39, 0.29) is 18.1 Å². The van der Waals surface area contributed by atoms with E-state index in [1.807, 2.05) is 20.0 Å². The summed E-state index contributed by atoms with van der Waals surface area (Å²) in [6.07, 6.45) is 0.113. The van der Waals surface area contributed by atoms with Crippen molar-refractivity contribution in [3.63, 3.8) is 0 Å². The Morgan fingerprint density at radius 2 is 2.12 bits per heavy atom. The predicted octanol–water partition coefficient (Wildman–Crippen LogP) is 1.57. The van der Waals surface area contributed by atoms with Crippen molar-refractivity contribution in [2.45, 2.75) is 76.8 Å². The Kier molecular flexibility index (Phi) is 5.35. The molecule has 0 saturated carbocycles. The largest absolute Gasteiger partial charge is 0.459 e. The van der Waals surface area contributed by atoms with Crippen LogP contribution in [-0.2, 0) is 23.7 Å². The maximum atomic E-state index is 11.5. The van der Waals surface area contributed by atoms with Crippen molar-refractivity contribution in [1.82, 2.24) is 15.0 Å². The number of carbonyl (C=O) groups excluding carboxylic acids is 1. The predicted molar refractivity (Wildman–Crippen MR) is 100 cm³/mol. The normalized spacial score (nSPS) is 31.7. The van der Waals surface area contributed by atoms with Gasteiger partial charge in [0.25, 0.3) is 0 Å². The number of carbonyl (C=O) groups is 1.